The molecule has 0 unspecified atom stereocenters. The molecule has 0 atom stereocenters. The molecule has 0 heterocycles. The summed E-state index contributed by atoms with van der Waals surface area (Å²) in [6, 6.07) is 0. The van der Waals surface area contributed by atoms with Crippen LogP contribution in [0.4, 0.5) is 0 Å². The maximum absolute atomic E-state index is 12.2. The van der Waals surface area contributed by atoms with E-state index in [0.717, 1.165) is 0 Å². The van der Waals surface area contributed by atoms with Crippen molar-refractivity contribution in [3.63, 3.8) is 0 Å². The Labute approximate surface area is 119 Å². The van der Waals surface area contributed by atoms with Gasteiger partial charge in [-0.3, -0.25) is 4.79 Å². The third kappa shape index (κ3) is 4.64. The average Bonchev–Trinajstić information content (AvgIpc) is 2.40. The van der Waals surface area contributed by atoms with E-state index >= 15 is 0 Å². The number of sulfonamides is 1. The van der Waals surface area contributed by atoms with Gasteiger partial charge in [0, 0.05) is 13.1 Å². The maximum atomic E-state index is 12.2. The molecule has 0 aromatic rings. The van der Waals surface area contributed by atoms with Gasteiger partial charge in [-0.2, -0.15) is 0 Å². The number of carbonyl (C=O) groups is 1. The Bertz CT molecular complexity index is 443. The Hall–Kier alpha value is -1.35. The third-order valence-electron chi connectivity index (χ3n) is 3.26. The first-order valence-electron chi connectivity index (χ1n) is 6.53. The van der Waals surface area contributed by atoms with E-state index in [1.165, 1.54) is 0 Å². The molecule has 0 rings (SSSR count). The highest BCUT2D eigenvalue weighted by atomic mass is 32.2. The summed E-state index contributed by atoms with van der Waals surface area (Å²) in [5.41, 5.74) is 4.47. The van der Waals surface area contributed by atoms with Crippen molar-refractivity contribution >= 4 is 21.8 Å². The summed E-state index contributed by atoms with van der Waals surface area (Å²) in [4.78, 5) is 12.2. The van der Waals surface area contributed by atoms with Crippen LogP contribution in [0.1, 0.15) is 33.6 Å². The summed E-state index contributed by atoms with van der Waals surface area (Å²) in [7, 11) is -3.39. The smallest absolute Gasteiger partial charge is 0.233 e. The van der Waals surface area contributed by atoms with Crippen LogP contribution in [0.15, 0.2) is 5.16 Å². The molecular formula is C11H24N4O4S. The van der Waals surface area contributed by atoms with E-state index in [-0.39, 0.29) is 18.1 Å². The van der Waals surface area contributed by atoms with Crippen LogP contribution in [0.2, 0.25) is 0 Å². The topological polar surface area (TPSA) is 134 Å². The van der Waals surface area contributed by atoms with Crippen LogP contribution in [-0.4, -0.2) is 44.2 Å². The van der Waals surface area contributed by atoms with E-state index in [2.05, 4.69) is 15.2 Å². The van der Waals surface area contributed by atoms with E-state index in [1.54, 1.807) is 20.8 Å². The number of carbonyl (C=O) groups excluding carboxylic acids is 1. The fraction of sp³-hybridized carbons (Fsp3) is 0.818. The zero-order valence-electron chi connectivity index (χ0n) is 12.1. The second-order valence-electron chi connectivity index (χ2n) is 4.35. The number of rotatable bonds is 9. The molecule has 20 heavy (non-hydrogen) atoms. The normalized spacial score (nSPS) is 13.2. The van der Waals surface area contributed by atoms with Crippen LogP contribution in [0, 0.1) is 5.41 Å². The Morgan fingerprint density at radius 2 is 1.85 bits per heavy atom. The van der Waals surface area contributed by atoms with Crippen molar-refractivity contribution in [3.8, 4) is 0 Å². The van der Waals surface area contributed by atoms with Crippen molar-refractivity contribution in [1.82, 2.24) is 10.0 Å². The zero-order chi connectivity index (χ0) is 15.8. The van der Waals surface area contributed by atoms with Crippen molar-refractivity contribution in [2.24, 2.45) is 16.3 Å². The first kappa shape index (κ1) is 18.7. The highest BCUT2D eigenvalue weighted by molar-refractivity contribution is 7.89. The lowest BCUT2D eigenvalue weighted by Gasteiger charge is -2.28. The van der Waals surface area contributed by atoms with Crippen LogP contribution >= 0.6 is 0 Å². The summed E-state index contributed by atoms with van der Waals surface area (Å²) in [5, 5.41) is 14.2. The number of nitrogens with one attached hydrogen (secondary N) is 2. The van der Waals surface area contributed by atoms with Gasteiger partial charge in [0.2, 0.25) is 15.9 Å². The highest BCUT2D eigenvalue weighted by Crippen LogP contribution is 2.26. The van der Waals surface area contributed by atoms with Crippen molar-refractivity contribution in [1.29, 1.82) is 0 Å². The zero-order valence-corrected chi connectivity index (χ0v) is 13.0. The van der Waals surface area contributed by atoms with Crippen LogP contribution in [0.25, 0.3) is 0 Å². The minimum absolute atomic E-state index is 0.0331. The lowest BCUT2D eigenvalue weighted by atomic mass is 9.80. The monoisotopic (exact) mass is 308 g/mol. The van der Waals surface area contributed by atoms with E-state index in [4.69, 9.17) is 10.9 Å². The van der Waals surface area contributed by atoms with Gasteiger partial charge in [-0.1, -0.05) is 25.9 Å². The number of nitrogens with zero attached hydrogens (tertiary/aromatic N) is 1. The molecule has 0 saturated heterocycles. The largest absolute Gasteiger partial charge is 0.409 e. The SMILES string of the molecule is CCNS(=O)(=O)CCNC(=O)C(CC)(CC)C(N)=NO. The van der Waals surface area contributed by atoms with E-state index in [1.807, 2.05) is 0 Å². The van der Waals surface area contributed by atoms with E-state index in [0.29, 0.717) is 19.4 Å². The van der Waals surface area contributed by atoms with Gasteiger partial charge in [0.05, 0.1) is 5.75 Å². The minimum Gasteiger partial charge on any atom is -0.409 e. The fourth-order valence-electron chi connectivity index (χ4n) is 1.91. The average molecular weight is 308 g/mol. The Morgan fingerprint density at radius 3 is 2.25 bits per heavy atom. The number of hydrogen-bond donors (Lipinski definition) is 4. The van der Waals surface area contributed by atoms with Gasteiger partial charge in [0.25, 0.3) is 0 Å². The van der Waals surface area contributed by atoms with Crippen molar-refractivity contribution in [3.05, 3.63) is 0 Å². The van der Waals surface area contributed by atoms with E-state index in [9.17, 15) is 13.2 Å². The molecule has 0 aliphatic rings. The van der Waals surface area contributed by atoms with Gasteiger partial charge in [-0.15, -0.1) is 0 Å². The van der Waals surface area contributed by atoms with Gasteiger partial charge >= 0.3 is 0 Å². The lowest BCUT2D eigenvalue weighted by molar-refractivity contribution is -0.127. The molecule has 1 amide bonds. The summed E-state index contributed by atoms with van der Waals surface area (Å²) >= 11 is 0. The molecule has 0 aromatic carbocycles. The van der Waals surface area contributed by atoms with Crippen molar-refractivity contribution < 1.29 is 18.4 Å². The van der Waals surface area contributed by atoms with Crippen molar-refractivity contribution in [2.45, 2.75) is 33.6 Å². The summed E-state index contributed by atoms with van der Waals surface area (Å²) < 4.78 is 25.2. The molecule has 0 spiro atoms. The van der Waals surface area contributed by atoms with Gasteiger partial charge < -0.3 is 16.3 Å². The van der Waals surface area contributed by atoms with Gasteiger partial charge in [-0.25, -0.2) is 13.1 Å². The standard InChI is InChI=1S/C11H24N4O4S/c1-4-11(5-2,9(12)15-17)10(16)13-7-8-20(18,19)14-6-3/h14,17H,4-8H2,1-3H3,(H2,12,15)(H,13,16). The maximum Gasteiger partial charge on any atom is 0.233 e. The van der Waals surface area contributed by atoms with Gasteiger partial charge in [0.1, 0.15) is 5.41 Å². The Kier molecular flexibility index (Phi) is 7.51. The molecular weight excluding hydrogens is 284 g/mol. The molecule has 0 bridgehead atoms. The van der Waals surface area contributed by atoms with E-state index < -0.39 is 21.3 Å². The number of amidine groups is 1. The molecule has 9 heteroatoms. The summed E-state index contributed by atoms with van der Waals surface area (Å²) in [6.45, 7) is 5.43. The predicted molar refractivity (Wildman–Crippen MR) is 76.9 cm³/mol. The molecule has 0 fully saturated rings. The van der Waals surface area contributed by atoms with Crippen molar-refractivity contribution in [2.75, 3.05) is 18.8 Å². The van der Waals surface area contributed by atoms with Gasteiger partial charge in [0.15, 0.2) is 5.84 Å². The van der Waals surface area contributed by atoms with Crippen LogP contribution < -0.4 is 15.8 Å². The first-order valence-corrected chi connectivity index (χ1v) is 8.18. The molecule has 8 nitrogen and oxygen atoms in total. The number of oxime groups is 1. The fourth-order valence-corrected chi connectivity index (χ4v) is 2.86. The summed E-state index contributed by atoms with van der Waals surface area (Å²) in [6.07, 6.45) is 0.705. The molecule has 118 valence electrons. The predicted octanol–water partition coefficient (Wildman–Crippen LogP) is -0.405. The minimum atomic E-state index is -3.39. The molecule has 5 N–H and O–H groups in total. The number of nitrogens with two attached hydrogens (primary N) is 1. The number of hydrogen-bond acceptors (Lipinski definition) is 5. The highest BCUT2D eigenvalue weighted by Gasteiger charge is 2.39. The quantitative estimate of drug-likeness (QED) is 0.199. The molecule has 0 saturated carbocycles. The second kappa shape index (κ2) is 8.05. The molecule has 0 aliphatic carbocycles. The summed E-state index contributed by atoms with van der Waals surface area (Å²) in [5.74, 6) is -0.828. The van der Waals surface area contributed by atoms with Crippen LogP contribution in [0.5, 0.6) is 0 Å². The third-order valence-corrected chi connectivity index (χ3v) is 4.73. The molecule has 0 radical (unpaired) electrons. The van der Waals surface area contributed by atoms with Crippen LogP contribution in [-0.2, 0) is 14.8 Å². The molecule has 0 aliphatic heterocycles. The number of amides is 1. The first-order chi connectivity index (χ1) is 9.29. The lowest BCUT2D eigenvalue weighted by Crippen LogP contribution is -2.50. The Balaban J connectivity index is 4.74. The molecule has 0 aromatic heterocycles. The second-order valence-corrected chi connectivity index (χ2v) is 6.27. The van der Waals surface area contributed by atoms with Gasteiger partial charge in [-0.05, 0) is 12.8 Å². The Morgan fingerprint density at radius 1 is 1.30 bits per heavy atom. The van der Waals surface area contributed by atoms with Crippen LogP contribution in [0.3, 0.4) is 0 Å².